The maximum Gasteiger partial charge on any atom is 0.0598 e. The fourth-order valence-corrected chi connectivity index (χ4v) is 2.49. The molecule has 1 aromatic heterocycles. The van der Waals surface area contributed by atoms with Gasteiger partial charge in [0.25, 0.3) is 0 Å². The van der Waals surface area contributed by atoms with Crippen molar-refractivity contribution in [3.8, 4) is 0 Å². The summed E-state index contributed by atoms with van der Waals surface area (Å²) in [4.78, 5) is 6.77. The standard InChI is InChI=1S/C14H23N3/c1-3-12-6-8-17(11-12)14-10-16-7-5-13(14)9-15-4-2/h5,7,10,12,15H,3-4,6,8-9,11H2,1-2H3. The first-order valence-electron chi connectivity index (χ1n) is 6.73. The van der Waals surface area contributed by atoms with Gasteiger partial charge in [0.2, 0.25) is 0 Å². The third kappa shape index (κ3) is 2.97. The molecule has 1 aliphatic rings. The van der Waals surface area contributed by atoms with E-state index < -0.39 is 0 Å². The second-order valence-corrected chi connectivity index (χ2v) is 4.79. The Morgan fingerprint density at radius 2 is 2.35 bits per heavy atom. The first-order valence-corrected chi connectivity index (χ1v) is 6.73. The zero-order valence-electron chi connectivity index (χ0n) is 10.9. The Morgan fingerprint density at radius 1 is 1.47 bits per heavy atom. The van der Waals surface area contributed by atoms with Gasteiger partial charge in [-0.2, -0.15) is 0 Å². The van der Waals surface area contributed by atoms with Crippen molar-refractivity contribution in [2.24, 2.45) is 5.92 Å². The molecule has 0 spiro atoms. The summed E-state index contributed by atoms with van der Waals surface area (Å²) in [5, 5.41) is 3.40. The molecule has 0 saturated carbocycles. The highest BCUT2D eigenvalue weighted by atomic mass is 15.2. The molecule has 1 atom stereocenters. The molecule has 1 unspecified atom stereocenters. The van der Waals surface area contributed by atoms with Gasteiger partial charge in [0, 0.05) is 25.8 Å². The van der Waals surface area contributed by atoms with Gasteiger partial charge in [-0.3, -0.25) is 4.98 Å². The van der Waals surface area contributed by atoms with Gasteiger partial charge < -0.3 is 10.2 Å². The smallest absolute Gasteiger partial charge is 0.0598 e. The summed E-state index contributed by atoms with van der Waals surface area (Å²) in [7, 11) is 0. The lowest BCUT2D eigenvalue weighted by atomic mass is 10.1. The fourth-order valence-electron chi connectivity index (χ4n) is 2.49. The molecule has 17 heavy (non-hydrogen) atoms. The Kier molecular flexibility index (Phi) is 4.37. The zero-order chi connectivity index (χ0) is 12.1. The van der Waals surface area contributed by atoms with Gasteiger partial charge >= 0.3 is 0 Å². The minimum atomic E-state index is 0.863. The maximum absolute atomic E-state index is 4.28. The van der Waals surface area contributed by atoms with Gasteiger partial charge in [-0.25, -0.2) is 0 Å². The number of hydrogen-bond donors (Lipinski definition) is 1. The molecule has 1 N–H and O–H groups in total. The van der Waals surface area contributed by atoms with Crippen LogP contribution in [-0.2, 0) is 6.54 Å². The molecule has 0 radical (unpaired) electrons. The van der Waals surface area contributed by atoms with Crippen molar-refractivity contribution in [3.05, 3.63) is 24.0 Å². The highest BCUT2D eigenvalue weighted by Crippen LogP contribution is 2.27. The van der Waals surface area contributed by atoms with Crippen LogP contribution in [-0.4, -0.2) is 24.6 Å². The molecule has 1 fully saturated rings. The van der Waals surface area contributed by atoms with Gasteiger partial charge in [-0.15, -0.1) is 0 Å². The first-order chi connectivity index (χ1) is 8.35. The first kappa shape index (κ1) is 12.4. The number of nitrogens with one attached hydrogen (secondary N) is 1. The Balaban J connectivity index is 2.09. The lowest BCUT2D eigenvalue weighted by Crippen LogP contribution is -2.23. The average Bonchev–Trinajstić information content (AvgIpc) is 2.85. The zero-order valence-corrected chi connectivity index (χ0v) is 10.9. The van der Waals surface area contributed by atoms with Gasteiger partial charge in [0.15, 0.2) is 0 Å². The van der Waals surface area contributed by atoms with E-state index in [4.69, 9.17) is 0 Å². The number of hydrogen-bond acceptors (Lipinski definition) is 3. The molecule has 2 heterocycles. The molecule has 0 amide bonds. The van der Waals surface area contributed by atoms with E-state index in [0.717, 1.165) is 19.0 Å². The predicted molar refractivity (Wildman–Crippen MR) is 72.2 cm³/mol. The third-order valence-electron chi connectivity index (χ3n) is 3.66. The predicted octanol–water partition coefficient (Wildman–Crippen LogP) is 2.43. The van der Waals surface area contributed by atoms with Crippen molar-refractivity contribution in [3.63, 3.8) is 0 Å². The number of rotatable bonds is 5. The summed E-state index contributed by atoms with van der Waals surface area (Å²) in [5.74, 6) is 0.863. The van der Waals surface area contributed by atoms with E-state index in [9.17, 15) is 0 Å². The maximum atomic E-state index is 4.28. The van der Waals surface area contributed by atoms with E-state index in [1.54, 1.807) is 0 Å². The van der Waals surface area contributed by atoms with Crippen LogP contribution < -0.4 is 10.2 Å². The summed E-state index contributed by atoms with van der Waals surface area (Å²) in [6.07, 6.45) is 6.53. The van der Waals surface area contributed by atoms with Gasteiger partial charge in [0.1, 0.15) is 0 Å². The largest absolute Gasteiger partial charge is 0.370 e. The van der Waals surface area contributed by atoms with E-state index in [-0.39, 0.29) is 0 Å². The second-order valence-electron chi connectivity index (χ2n) is 4.79. The molecule has 2 rings (SSSR count). The molecule has 0 aromatic carbocycles. The number of nitrogens with zero attached hydrogens (tertiary/aromatic N) is 2. The average molecular weight is 233 g/mol. The van der Waals surface area contributed by atoms with Crippen LogP contribution in [0.3, 0.4) is 0 Å². The topological polar surface area (TPSA) is 28.2 Å². The molecule has 1 aromatic rings. The molecule has 0 bridgehead atoms. The summed E-state index contributed by atoms with van der Waals surface area (Å²) in [6.45, 7) is 8.77. The van der Waals surface area contributed by atoms with Gasteiger partial charge in [-0.05, 0) is 30.5 Å². The highest BCUT2D eigenvalue weighted by Gasteiger charge is 2.22. The molecule has 0 aliphatic carbocycles. The summed E-state index contributed by atoms with van der Waals surface area (Å²) in [5.41, 5.74) is 2.70. The van der Waals surface area contributed by atoms with E-state index in [1.807, 2.05) is 12.4 Å². The molecular formula is C14H23N3. The number of anilines is 1. The van der Waals surface area contributed by atoms with Crippen molar-refractivity contribution >= 4 is 5.69 Å². The van der Waals surface area contributed by atoms with Crippen molar-refractivity contribution in [2.75, 3.05) is 24.5 Å². The number of aromatic nitrogens is 1. The summed E-state index contributed by atoms with van der Waals surface area (Å²) in [6, 6.07) is 2.14. The van der Waals surface area contributed by atoms with Gasteiger partial charge in [-0.1, -0.05) is 20.3 Å². The summed E-state index contributed by atoms with van der Waals surface area (Å²) < 4.78 is 0. The van der Waals surface area contributed by atoms with Crippen molar-refractivity contribution < 1.29 is 0 Å². The lowest BCUT2D eigenvalue weighted by molar-refractivity contribution is 0.569. The van der Waals surface area contributed by atoms with Crippen LogP contribution in [0.1, 0.15) is 32.3 Å². The minimum Gasteiger partial charge on any atom is -0.370 e. The Labute approximate surface area is 104 Å². The molecule has 3 nitrogen and oxygen atoms in total. The quantitative estimate of drug-likeness (QED) is 0.846. The fraction of sp³-hybridized carbons (Fsp3) is 0.643. The van der Waals surface area contributed by atoms with Crippen LogP contribution in [0.4, 0.5) is 5.69 Å². The highest BCUT2D eigenvalue weighted by molar-refractivity contribution is 5.52. The molecule has 1 aliphatic heterocycles. The Morgan fingerprint density at radius 3 is 3.06 bits per heavy atom. The SMILES string of the molecule is CCNCc1ccncc1N1CCC(CC)C1. The monoisotopic (exact) mass is 233 g/mol. The van der Waals surface area contributed by atoms with Crippen LogP contribution in [0.15, 0.2) is 18.5 Å². The molecule has 1 saturated heterocycles. The Bertz CT molecular complexity index is 351. The van der Waals surface area contributed by atoms with Crippen LogP contribution in [0, 0.1) is 5.92 Å². The molecule has 94 valence electrons. The number of pyridine rings is 1. The summed E-state index contributed by atoms with van der Waals surface area (Å²) >= 11 is 0. The van der Waals surface area contributed by atoms with Crippen LogP contribution in [0.25, 0.3) is 0 Å². The van der Waals surface area contributed by atoms with Crippen LogP contribution >= 0.6 is 0 Å². The van der Waals surface area contributed by atoms with E-state index in [2.05, 4.69) is 35.1 Å². The van der Waals surface area contributed by atoms with E-state index in [1.165, 1.54) is 37.2 Å². The van der Waals surface area contributed by atoms with Crippen molar-refractivity contribution in [1.29, 1.82) is 0 Å². The van der Waals surface area contributed by atoms with Crippen LogP contribution in [0.5, 0.6) is 0 Å². The minimum absolute atomic E-state index is 0.863. The van der Waals surface area contributed by atoms with Crippen molar-refractivity contribution in [2.45, 2.75) is 33.2 Å². The van der Waals surface area contributed by atoms with Crippen molar-refractivity contribution in [1.82, 2.24) is 10.3 Å². The van der Waals surface area contributed by atoms with E-state index in [0.29, 0.717) is 0 Å². The second kappa shape index (κ2) is 6.01. The van der Waals surface area contributed by atoms with Gasteiger partial charge in [0.05, 0.1) is 11.9 Å². The normalized spacial score (nSPS) is 19.9. The van der Waals surface area contributed by atoms with E-state index >= 15 is 0 Å². The Hall–Kier alpha value is -1.09. The molecular weight excluding hydrogens is 210 g/mol. The molecule has 3 heteroatoms. The van der Waals surface area contributed by atoms with Crippen LogP contribution in [0.2, 0.25) is 0 Å². The lowest BCUT2D eigenvalue weighted by Gasteiger charge is -2.21. The third-order valence-corrected chi connectivity index (χ3v) is 3.66.